The first-order chi connectivity index (χ1) is 5.98. The lowest BCUT2D eigenvalue weighted by Gasteiger charge is -2.24. The Labute approximate surface area is 78.7 Å². The summed E-state index contributed by atoms with van der Waals surface area (Å²) in [6.07, 6.45) is 1.44. The first-order valence-corrected chi connectivity index (χ1v) is 4.44. The van der Waals surface area contributed by atoms with Gasteiger partial charge in [0.2, 0.25) is 0 Å². The van der Waals surface area contributed by atoms with Crippen molar-refractivity contribution in [1.82, 2.24) is 0 Å². The molecule has 0 saturated heterocycles. The zero-order valence-corrected chi connectivity index (χ0v) is 8.39. The third kappa shape index (κ3) is 1.73. The van der Waals surface area contributed by atoms with Crippen molar-refractivity contribution in [2.45, 2.75) is 26.7 Å². The first-order valence-electron chi connectivity index (χ1n) is 4.44. The molecule has 1 rings (SSSR count). The summed E-state index contributed by atoms with van der Waals surface area (Å²) in [5.41, 5.74) is -1.21. The van der Waals surface area contributed by atoms with Gasteiger partial charge in [-0.05, 0) is 12.8 Å². The predicted molar refractivity (Wildman–Crippen MR) is 47.9 cm³/mol. The Hall–Kier alpha value is -0.880. The molecule has 0 unspecified atom stereocenters. The lowest BCUT2D eigenvalue weighted by molar-refractivity contribution is -0.133. The van der Waals surface area contributed by atoms with E-state index in [9.17, 15) is 4.79 Å². The maximum absolute atomic E-state index is 11.9. The van der Waals surface area contributed by atoms with Crippen LogP contribution in [0.5, 0.6) is 0 Å². The molecule has 1 saturated carbocycles. The number of nitriles is 1. The van der Waals surface area contributed by atoms with E-state index in [0.717, 1.165) is 12.8 Å². The lowest BCUT2D eigenvalue weighted by atomic mass is 9.80. The fourth-order valence-electron chi connectivity index (χ4n) is 1.59. The normalized spacial score (nSPS) is 19.2. The van der Waals surface area contributed by atoms with E-state index in [1.807, 2.05) is 13.8 Å². The molecule has 0 aliphatic heterocycles. The number of ketones is 1. The molecule has 1 aliphatic rings. The molecule has 0 N–H and O–H groups in total. The number of hydrogen-bond donors (Lipinski definition) is 0. The minimum atomic E-state index is -0.679. The zero-order chi connectivity index (χ0) is 10.1. The van der Waals surface area contributed by atoms with E-state index in [2.05, 4.69) is 6.07 Å². The van der Waals surface area contributed by atoms with Crippen LogP contribution in [0.15, 0.2) is 0 Å². The van der Waals surface area contributed by atoms with Crippen LogP contribution in [-0.2, 0) is 9.53 Å². The summed E-state index contributed by atoms with van der Waals surface area (Å²) in [4.78, 5) is 11.9. The van der Waals surface area contributed by atoms with Gasteiger partial charge in [0.15, 0.2) is 5.78 Å². The van der Waals surface area contributed by atoms with Gasteiger partial charge in [-0.25, -0.2) is 0 Å². The molecule has 0 amide bonds. The minimum absolute atomic E-state index is 0.0318. The summed E-state index contributed by atoms with van der Waals surface area (Å²) >= 11 is 0. The molecular weight excluding hydrogens is 166 g/mol. The van der Waals surface area contributed by atoms with Gasteiger partial charge >= 0.3 is 0 Å². The van der Waals surface area contributed by atoms with Gasteiger partial charge in [-0.1, -0.05) is 13.8 Å². The number of carbonyl (C=O) groups excluding carboxylic acids is 1. The average Bonchev–Trinajstić information content (AvgIpc) is 2.83. The van der Waals surface area contributed by atoms with Gasteiger partial charge in [0.25, 0.3) is 0 Å². The van der Waals surface area contributed by atoms with Gasteiger partial charge in [0.1, 0.15) is 5.41 Å². The van der Waals surface area contributed by atoms with Gasteiger partial charge in [-0.3, -0.25) is 4.79 Å². The topological polar surface area (TPSA) is 50.1 Å². The van der Waals surface area contributed by atoms with E-state index in [1.54, 1.807) is 7.11 Å². The number of rotatable bonds is 4. The highest BCUT2D eigenvalue weighted by Crippen LogP contribution is 2.49. The SMILES string of the molecule is COCC(C)(C)C(=O)C1(C#N)CC1. The fraction of sp³-hybridized carbons (Fsp3) is 0.800. The van der Waals surface area contributed by atoms with Gasteiger partial charge in [0, 0.05) is 12.5 Å². The summed E-state index contributed by atoms with van der Waals surface area (Å²) in [5.74, 6) is 0.0318. The molecule has 1 aliphatic carbocycles. The highest BCUT2D eigenvalue weighted by atomic mass is 16.5. The van der Waals surface area contributed by atoms with E-state index >= 15 is 0 Å². The van der Waals surface area contributed by atoms with Crippen LogP contribution in [-0.4, -0.2) is 19.5 Å². The fourth-order valence-corrected chi connectivity index (χ4v) is 1.59. The van der Waals surface area contributed by atoms with Crippen molar-refractivity contribution in [3.8, 4) is 6.07 Å². The molecule has 0 aromatic carbocycles. The smallest absolute Gasteiger partial charge is 0.160 e. The summed E-state index contributed by atoms with van der Waals surface area (Å²) < 4.78 is 4.96. The Kier molecular flexibility index (Phi) is 2.44. The van der Waals surface area contributed by atoms with Gasteiger partial charge in [0.05, 0.1) is 12.7 Å². The Bertz CT molecular complexity index is 259. The summed E-state index contributed by atoms with van der Waals surface area (Å²) in [6, 6.07) is 2.11. The molecule has 72 valence electrons. The molecule has 3 nitrogen and oxygen atoms in total. The number of ether oxygens (including phenoxy) is 1. The maximum Gasteiger partial charge on any atom is 0.160 e. The molecule has 0 atom stereocenters. The van der Waals surface area contributed by atoms with Crippen molar-refractivity contribution in [3.63, 3.8) is 0 Å². The van der Waals surface area contributed by atoms with Crippen LogP contribution in [0.3, 0.4) is 0 Å². The van der Waals surface area contributed by atoms with E-state index in [0.29, 0.717) is 6.61 Å². The lowest BCUT2D eigenvalue weighted by Crippen LogP contribution is -2.35. The molecule has 0 aromatic heterocycles. The largest absolute Gasteiger partial charge is 0.384 e. The summed E-state index contributed by atoms with van der Waals surface area (Å²) in [7, 11) is 1.57. The van der Waals surface area contributed by atoms with Crippen molar-refractivity contribution in [2.75, 3.05) is 13.7 Å². The number of nitrogens with zero attached hydrogens (tertiary/aromatic N) is 1. The molecule has 0 radical (unpaired) electrons. The Morgan fingerprint density at radius 2 is 2.15 bits per heavy atom. The van der Waals surface area contributed by atoms with Gasteiger partial charge in [-0.15, -0.1) is 0 Å². The first kappa shape index (κ1) is 10.2. The van der Waals surface area contributed by atoms with Crippen LogP contribution in [0, 0.1) is 22.2 Å². The van der Waals surface area contributed by atoms with Gasteiger partial charge in [-0.2, -0.15) is 5.26 Å². The molecule has 0 aromatic rings. The Morgan fingerprint density at radius 3 is 2.46 bits per heavy atom. The number of hydrogen-bond acceptors (Lipinski definition) is 3. The minimum Gasteiger partial charge on any atom is -0.384 e. The molecule has 0 bridgehead atoms. The van der Waals surface area contributed by atoms with E-state index in [1.165, 1.54) is 0 Å². The van der Waals surface area contributed by atoms with Crippen molar-refractivity contribution in [2.24, 2.45) is 10.8 Å². The summed E-state index contributed by atoms with van der Waals surface area (Å²) in [5, 5.41) is 8.85. The predicted octanol–water partition coefficient (Wildman–Crippen LogP) is 1.53. The standard InChI is InChI=1S/C10H15NO2/c1-9(2,7-13-3)8(12)10(6-11)4-5-10/h4-5,7H2,1-3H3. The van der Waals surface area contributed by atoms with Crippen LogP contribution in [0.2, 0.25) is 0 Å². The van der Waals surface area contributed by atoms with Crippen molar-refractivity contribution in [1.29, 1.82) is 5.26 Å². The van der Waals surface area contributed by atoms with Crippen molar-refractivity contribution in [3.05, 3.63) is 0 Å². The highest BCUT2D eigenvalue weighted by molar-refractivity contribution is 5.94. The molecule has 13 heavy (non-hydrogen) atoms. The number of methoxy groups -OCH3 is 1. The van der Waals surface area contributed by atoms with E-state index < -0.39 is 10.8 Å². The number of Topliss-reactive ketones (excluding diaryl/α,β-unsaturated/α-hetero) is 1. The second kappa shape index (κ2) is 3.12. The van der Waals surface area contributed by atoms with Crippen LogP contribution >= 0.6 is 0 Å². The molecular formula is C10H15NO2. The maximum atomic E-state index is 11.9. The monoisotopic (exact) mass is 181 g/mol. The third-order valence-corrected chi connectivity index (χ3v) is 2.52. The molecule has 0 spiro atoms. The van der Waals surface area contributed by atoms with E-state index in [4.69, 9.17) is 10.00 Å². The molecule has 0 heterocycles. The highest BCUT2D eigenvalue weighted by Gasteiger charge is 2.54. The quantitative estimate of drug-likeness (QED) is 0.660. The van der Waals surface area contributed by atoms with Crippen molar-refractivity contribution >= 4 is 5.78 Å². The Morgan fingerprint density at radius 1 is 1.62 bits per heavy atom. The van der Waals surface area contributed by atoms with Crippen LogP contribution in [0.25, 0.3) is 0 Å². The van der Waals surface area contributed by atoms with E-state index in [-0.39, 0.29) is 5.78 Å². The third-order valence-electron chi connectivity index (χ3n) is 2.52. The molecule has 3 heteroatoms. The average molecular weight is 181 g/mol. The zero-order valence-electron chi connectivity index (χ0n) is 8.39. The van der Waals surface area contributed by atoms with Crippen LogP contribution in [0.4, 0.5) is 0 Å². The molecule has 1 fully saturated rings. The van der Waals surface area contributed by atoms with Gasteiger partial charge < -0.3 is 4.74 Å². The van der Waals surface area contributed by atoms with Crippen molar-refractivity contribution < 1.29 is 9.53 Å². The second-order valence-corrected chi connectivity index (χ2v) is 4.34. The second-order valence-electron chi connectivity index (χ2n) is 4.34. The Balaban J connectivity index is 2.73. The van der Waals surface area contributed by atoms with Crippen LogP contribution in [0.1, 0.15) is 26.7 Å². The van der Waals surface area contributed by atoms with Crippen LogP contribution < -0.4 is 0 Å². The summed E-state index contributed by atoms with van der Waals surface area (Å²) in [6.45, 7) is 4.04. The number of carbonyl (C=O) groups is 1.